The maximum absolute atomic E-state index is 13.0. The molecule has 200 valence electrons. The van der Waals surface area contributed by atoms with E-state index in [0.29, 0.717) is 31.4 Å². The first-order valence-electron chi connectivity index (χ1n) is 13.0. The lowest BCUT2D eigenvalue weighted by Crippen LogP contribution is -2.59. The predicted octanol–water partition coefficient (Wildman–Crippen LogP) is 0.0745. The Labute approximate surface area is 208 Å². The van der Waals surface area contributed by atoms with Crippen molar-refractivity contribution in [2.24, 2.45) is 22.7 Å². The smallest absolute Gasteiger partial charge is 0.198 e. The molecule has 1 aromatic rings. The number of rotatable bonds is 4. The normalized spacial score (nSPS) is 52.0. The number of carbonyl (C=O) groups is 1. The first kappa shape index (κ1) is 24.9. The molecule has 12 unspecified atom stereocenters. The van der Waals surface area contributed by atoms with Crippen LogP contribution in [0.4, 0.5) is 0 Å². The Hall–Kier alpha value is -1.37. The third-order valence-corrected chi connectivity index (χ3v) is 10.3. The highest BCUT2D eigenvalue weighted by Crippen LogP contribution is 2.72. The van der Waals surface area contributed by atoms with E-state index in [0.717, 1.165) is 18.4 Å². The molecule has 4 fully saturated rings. The summed E-state index contributed by atoms with van der Waals surface area (Å²) in [6.45, 7) is 1.35. The molecular weight excluding hydrogens is 472 g/mol. The fourth-order valence-corrected chi connectivity index (χ4v) is 8.94. The zero-order valence-corrected chi connectivity index (χ0v) is 20.3. The van der Waals surface area contributed by atoms with Crippen LogP contribution in [0.3, 0.4) is 0 Å². The molecular formula is C26H36O10. The van der Waals surface area contributed by atoms with Gasteiger partial charge in [0.15, 0.2) is 17.8 Å². The van der Waals surface area contributed by atoms with Crippen molar-refractivity contribution in [3.8, 4) is 0 Å². The molecule has 0 radical (unpaired) electrons. The van der Waals surface area contributed by atoms with Gasteiger partial charge in [-0.2, -0.15) is 0 Å². The number of aliphatic hydroxyl groups excluding tert-OH is 5. The molecule has 6 N–H and O–H groups in total. The van der Waals surface area contributed by atoms with E-state index in [-0.39, 0.29) is 35.6 Å². The van der Waals surface area contributed by atoms with Gasteiger partial charge in [-0.3, -0.25) is 4.79 Å². The van der Waals surface area contributed by atoms with Crippen molar-refractivity contribution in [3.05, 3.63) is 23.7 Å². The number of carbonyl (C=O) groups excluding carboxylic acids is 1. The second kappa shape index (κ2) is 8.31. The molecule has 0 aromatic carbocycles. The van der Waals surface area contributed by atoms with Crippen molar-refractivity contribution in [2.75, 3.05) is 13.2 Å². The van der Waals surface area contributed by atoms with E-state index >= 15 is 0 Å². The van der Waals surface area contributed by atoms with Gasteiger partial charge in [0, 0.05) is 12.0 Å². The summed E-state index contributed by atoms with van der Waals surface area (Å²) in [6.07, 6.45) is -2.74. The molecule has 4 aliphatic carbocycles. The molecule has 0 amide bonds. The second-order valence-electron chi connectivity index (χ2n) is 12.2. The maximum Gasteiger partial charge on any atom is 0.198 e. The van der Waals surface area contributed by atoms with E-state index in [1.54, 1.807) is 6.26 Å². The summed E-state index contributed by atoms with van der Waals surface area (Å²) >= 11 is 0. The molecule has 2 heterocycles. The number of furan rings is 1. The molecule has 5 aliphatic rings. The van der Waals surface area contributed by atoms with Gasteiger partial charge in [-0.1, -0.05) is 6.92 Å². The minimum atomic E-state index is -1.56. The SMILES string of the molecule is CC12CC(=O)c3occc3C1CCC13CC(CC(O)C12)C(O)(COC1OC(CO)C(O)C(O)C1O)C3. The summed E-state index contributed by atoms with van der Waals surface area (Å²) in [5.74, 6) is 0.0856. The minimum absolute atomic E-state index is 0.0423. The lowest BCUT2D eigenvalue weighted by atomic mass is 9.44. The third-order valence-electron chi connectivity index (χ3n) is 10.3. The predicted molar refractivity (Wildman–Crippen MR) is 122 cm³/mol. The number of hydrogen-bond donors (Lipinski definition) is 6. The van der Waals surface area contributed by atoms with Crippen molar-refractivity contribution in [3.63, 3.8) is 0 Å². The van der Waals surface area contributed by atoms with Crippen LogP contribution in [0.5, 0.6) is 0 Å². The maximum atomic E-state index is 13.0. The Morgan fingerprint density at radius 3 is 2.69 bits per heavy atom. The number of aliphatic hydroxyl groups is 6. The zero-order valence-electron chi connectivity index (χ0n) is 20.3. The first-order valence-corrected chi connectivity index (χ1v) is 13.0. The minimum Gasteiger partial charge on any atom is -0.461 e. The summed E-state index contributed by atoms with van der Waals surface area (Å²) in [7, 11) is 0. The van der Waals surface area contributed by atoms with Crippen molar-refractivity contribution >= 4 is 5.78 Å². The lowest BCUT2D eigenvalue weighted by Gasteiger charge is -2.60. The van der Waals surface area contributed by atoms with Gasteiger partial charge in [0.1, 0.15) is 24.4 Å². The quantitative estimate of drug-likeness (QED) is 0.327. The van der Waals surface area contributed by atoms with E-state index in [9.17, 15) is 35.4 Å². The molecule has 1 spiro atoms. The van der Waals surface area contributed by atoms with Gasteiger partial charge in [0.25, 0.3) is 0 Å². The standard InChI is InChI=1S/C26H36O10/c1-24-8-16(29)21-13(3-5-34-21)14(24)2-4-25-7-12(6-15(28)22(24)25)26(33,10-25)11-35-23-20(32)19(31)18(30)17(9-27)36-23/h3,5,12,14-15,17-20,22-23,27-28,30-33H,2,4,6-11H2,1H3. The summed E-state index contributed by atoms with van der Waals surface area (Å²) in [5, 5.41) is 63.1. The fourth-order valence-electron chi connectivity index (χ4n) is 8.94. The molecule has 10 heteroatoms. The van der Waals surface area contributed by atoms with E-state index in [1.807, 2.05) is 6.07 Å². The molecule has 10 nitrogen and oxygen atoms in total. The lowest BCUT2D eigenvalue weighted by molar-refractivity contribution is -0.310. The Balaban J connectivity index is 1.24. The van der Waals surface area contributed by atoms with Crippen LogP contribution >= 0.6 is 0 Å². The Morgan fingerprint density at radius 1 is 1.17 bits per heavy atom. The summed E-state index contributed by atoms with van der Waals surface area (Å²) in [4.78, 5) is 13.0. The van der Waals surface area contributed by atoms with Crippen molar-refractivity contribution in [1.29, 1.82) is 0 Å². The molecule has 1 saturated heterocycles. The Bertz CT molecular complexity index is 1020. The van der Waals surface area contributed by atoms with Crippen molar-refractivity contribution in [1.82, 2.24) is 0 Å². The monoisotopic (exact) mass is 508 g/mol. The highest BCUT2D eigenvalue weighted by molar-refractivity contribution is 5.97. The van der Waals surface area contributed by atoms with Gasteiger partial charge in [0.05, 0.1) is 31.2 Å². The number of fused-ring (bicyclic) bond motifs is 5. The molecule has 6 rings (SSSR count). The van der Waals surface area contributed by atoms with Gasteiger partial charge in [-0.15, -0.1) is 0 Å². The van der Waals surface area contributed by atoms with E-state index in [2.05, 4.69) is 6.92 Å². The molecule has 1 aliphatic heterocycles. The highest BCUT2D eigenvalue weighted by atomic mass is 16.7. The van der Waals surface area contributed by atoms with Crippen molar-refractivity contribution < 1.29 is 49.3 Å². The highest BCUT2D eigenvalue weighted by Gasteiger charge is 2.69. The van der Waals surface area contributed by atoms with E-state index in [1.165, 1.54) is 0 Å². The number of Topliss-reactive ketones (excluding diaryl/α,β-unsaturated/α-hetero) is 1. The number of ketones is 1. The van der Waals surface area contributed by atoms with Crippen LogP contribution < -0.4 is 0 Å². The van der Waals surface area contributed by atoms with Gasteiger partial charge >= 0.3 is 0 Å². The average Bonchev–Trinajstić information content (AvgIpc) is 3.39. The van der Waals surface area contributed by atoms with Crippen LogP contribution in [0.1, 0.15) is 67.5 Å². The number of hydrogen-bond acceptors (Lipinski definition) is 10. The van der Waals surface area contributed by atoms with E-state index < -0.39 is 54.4 Å². The fraction of sp³-hybridized carbons (Fsp3) is 0.808. The topological polar surface area (TPSA) is 170 Å². The van der Waals surface area contributed by atoms with Crippen LogP contribution in [0, 0.1) is 22.7 Å². The van der Waals surface area contributed by atoms with Crippen LogP contribution in [0.25, 0.3) is 0 Å². The van der Waals surface area contributed by atoms with Crippen LogP contribution in [0.15, 0.2) is 16.7 Å². The van der Waals surface area contributed by atoms with Crippen LogP contribution in [-0.2, 0) is 9.47 Å². The summed E-state index contributed by atoms with van der Waals surface area (Å²) in [6, 6.07) is 1.88. The Kier molecular flexibility index (Phi) is 5.76. The van der Waals surface area contributed by atoms with Crippen LogP contribution in [0.2, 0.25) is 0 Å². The van der Waals surface area contributed by atoms with Gasteiger partial charge in [-0.05, 0) is 66.8 Å². The van der Waals surface area contributed by atoms with Crippen LogP contribution in [-0.4, -0.2) is 92.0 Å². The molecule has 36 heavy (non-hydrogen) atoms. The van der Waals surface area contributed by atoms with E-state index in [4.69, 9.17) is 13.9 Å². The molecule has 12 atom stereocenters. The average molecular weight is 509 g/mol. The van der Waals surface area contributed by atoms with Gasteiger partial charge in [0.2, 0.25) is 0 Å². The molecule has 1 aromatic heterocycles. The van der Waals surface area contributed by atoms with Crippen molar-refractivity contribution in [2.45, 2.75) is 93.8 Å². The summed E-state index contributed by atoms with van der Waals surface area (Å²) in [5.41, 5.74) is -1.18. The molecule has 3 saturated carbocycles. The summed E-state index contributed by atoms with van der Waals surface area (Å²) < 4.78 is 16.7. The molecule has 2 bridgehead atoms. The Morgan fingerprint density at radius 2 is 1.94 bits per heavy atom. The number of ether oxygens (including phenoxy) is 2. The third kappa shape index (κ3) is 3.36. The van der Waals surface area contributed by atoms with Gasteiger partial charge < -0.3 is 44.5 Å². The zero-order chi connectivity index (χ0) is 25.6. The first-order chi connectivity index (χ1) is 17.0. The second-order valence-corrected chi connectivity index (χ2v) is 12.2. The largest absolute Gasteiger partial charge is 0.461 e. The van der Waals surface area contributed by atoms with Gasteiger partial charge in [-0.25, -0.2) is 0 Å².